The number of thioether (sulfide) groups is 1. The van der Waals surface area contributed by atoms with Gasteiger partial charge in [0.2, 0.25) is 5.91 Å². The number of aromatic nitrogens is 2. The first kappa shape index (κ1) is 15.5. The number of nitrogens with zero attached hydrogens (tertiary/aromatic N) is 2. The lowest BCUT2D eigenvalue weighted by molar-refractivity contribution is -0.113. The fraction of sp³-hybridized carbons (Fsp3) is 0.167. The normalized spacial score (nSPS) is 10.7. The summed E-state index contributed by atoms with van der Waals surface area (Å²) in [5.74, 6) is 0.274. The van der Waals surface area contributed by atoms with E-state index in [9.17, 15) is 4.79 Å². The number of amides is 1. The summed E-state index contributed by atoms with van der Waals surface area (Å²) >= 11 is 1.42. The molecule has 0 radical (unpaired) electrons. The molecule has 1 amide bonds. The lowest BCUT2D eigenvalue weighted by Crippen LogP contribution is -2.14. The predicted octanol–water partition coefficient (Wildman–Crippen LogP) is 3.98. The summed E-state index contributed by atoms with van der Waals surface area (Å²) in [6.07, 6.45) is 1.53. The zero-order valence-electron chi connectivity index (χ0n) is 13.0. The Balaban J connectivity index is 1.68. The smallest absolute Gasteiger partial charge is 0.234 e. The molecule has 5 heteroatoms. The molecule has 0 saturated heterocycles. The zero-order valence-corrected chi connectivity index (χ0v) is 13.9. The van der Waals surface area contributed by atoms with Crippen LogP contribution in [0.4, 0.5) is 5.69 Å². The first-order valence-electron chi connectivity index (χ1n) is 7.32. The van der Waals surface area contributed by atoms with E-state index in [0.717, 1.165) is 32.7 Å². The Bertz CT molecular complexity index is 838. The highest BCUT2D eigenvalue weighted by molar-refractivity contribution is 8.00. The molecular weight excluding hydrogens is 306 g/mol. The molecule has 0 saturated carbocycles. The van der Waals surface area contributed by atoms with E-state index in [1.54, 1.807) is 0 Å². The molecule has 1 aromatic heterocycles. The quantitative estimate of drug-likeness (QED) is 0.583. The number of carbonyl (C=O) groups is 1. The van der Waals surface area contributed by atoms with E-state index in [2.05, 4.69) is 21.4 Å². The molecule has 0 spiro atoms. The molecule has 0 unspecified atom stereocenters. The van der Waals surface area contributed by atoms with Gasteiger partial charge in [-0.25, -0.2) is 9.97 Å². The van der Waals surface area contributed by atoms with Crippen LogP contribution in [0.3, 0.4) is 0 Å². The van der Waals surface area contributed by atoms with Crippen LogP contribution in [0.5, 0.6) is 0 Å². The summed E-state index contributed by atoms with van der Waals surface area (Å²) in [7, 11) is 0. The van der Waals surface area contributed by atoms with Crippen LogP contribution in [0.2, 0.25) is 0 Å². The van der Waals surface area contributed by atoms with Gasteiger partial charge in [0.05, 0.1) is 11.3 Å². The van der Waals surface area contributed by atoms with Gasteiger partial charge in [-0.05, 0) is 43.2 Å². The molecular formula is C18H17N3OS. The third-order valence-electron chi connectivity index (χ3n) is 3.35. The number of rotatable bonds is 4. The number of benzene rings is 2. The third kappa shape index (κ3) is 3.87. The van der Waals surface area contributed by atoms with Crippen LogP contribution in [0.1, 0.15) is 11.1 Å². The van der Waals surface area contributed by atoms with Crippen molar-refractivity contribution in [3.05, 3.63) is 59.9 Å². The van der Waals surface area contributed by atoms with Gasteiger partial charge in [0, 0.05) is 11.1 Å². The molecule has 2 aromatic carbocycles. The van der Waals surface area contributed by atoms with Crippen LogP contribution < -0.4 is 5.32 Å². The van der Waals surface area contributed by atoms with Gasteiger partial charge in [-0.15, -0.1) is 0 Å². The average Bonchev–Trinajstić information content (AvgIpc) is 2.52. The Morgan fingerprint density at radius 3 is 2.61 bits per heavy atom. The molecule has 0 aliphatic carbocycles. The van der Waals surface area contributed by atoms with Gasteiger partial charge in [-0.3, -0.25) is 4.79 Å². The van der Waals surface area contributed by atoms with Crippen LogP contribution in [0.15, 0.2) is 53.8 Å². The molecule has 1 N–H and O–H groups in total. The van der Waals surface area contributed by atoms with Gasteiger partial charge in [0.15, 0.2) is 0 Å². The van der Waals surface area contributed by atoms with Crippen LogP contribution >= 0.6 is 11.8 Å². The summed E-state index contributed by atoms with van der Waals surface area (Å²) < 4.78 is 0. The molecule has 1 heterocycles. The van der Waals surface area contributed by atoms with Crippen molar-refractivity contribution < 1.29 is 4.79 Å². The van der Waals surface area contributed by atoms with E-state index in [-0.39, 0.29) is 5.91 Å². The average molecular weight is 323 g/mol. The number of para-hydroxylation sites is 1. The Morgan fingerprint density at radius 1 is 1.09 bits per heavy atom. The van der Waals surface area contributed by atoms with Crippen LogP contribution in [0.25, 0.3) is 10.9 Å². The van der Waals surface area contributed by atoms with Crippen molar-refractivity contribution in [2.75, 3.05) is 11.1 Å². The highest BCUT2D eigenvalue weighted by atomic mass is 32.2. The second kappa shape index (κ2) is 6.79. The summed E-state index contributed by atoms with van der Waals surface area (Å²) in [5.41, 5.74) is 3.99. The number of carbonyl (C=O) groups excluding carboxylic acids is 1. The molecule has 4 nitrogen and oxygen atoms in total. The van der Waals surface area contributed by atoms with Crippen LogP contribution in [-0.2, 0) is 4.79 Å². The lowest BCUT2D eigenvalue weighted by atomic mass is 10.1. The number of aryl methyl sites for hydroxylation is 2. The molecule has 0 atom stereocenters. The van der Waals surface area contributed by atoms with Crippen molar-refractivity contribution in [1.29, 1.82) is 0 Å². The Morgan fingerprint density at radius 2 is 1.83 bits per heavy atom. The molecule has 116 valence electrons. The standard InChI is InChI=1S/C18H17N3OS/c1-12-7-13(2)9-14(8-12)21-17(22)10-23-18-15-5-3-4-6-16(15)19-11-20-18/h3-9,11H,10H2,1-2H3,(H,21,22). The van der Waals surface area contributed by atoms with Gasteiger partial charge < -0.3 is 5.32 Å². The first-order valence-corrected chi connectivity index (χ1v) is 8.31. The van der Waals surface area contributed by atoms with Crippen molar-refractivity contribution in [3.63, 3.8) is 0 Å². The predicted molar refractivity (Wildman–Crippen MR) is 94.8 cm³/mol. The third-order valence-corrected chi connectivity index (χ3v) is 4.36. The van der Waals surface area contributed by atoms with E-state index in [4.69, 9.17) is 0 Å². The Labute approximate surface area is 139 Å². The van der Waals surface area contributed by atoms with Gasteiger partial charge in [-0.2, -0.15) is 0 Å². The lowest BCUT2D eigenvalue weighted by Gasteiger charge is -2.08. The second-order valence-electron chi connectivity index (χ2n) is 5.41. The van der Waals surface area contributed by atoms with E-state index in [0.29, 0.717) is 5.75 Å². The summed E-state index contributed by atoms with van der Waals surface area (Å²) in [6, 6.07) is 13.8. The molecule has 0 aliphatic heterocycles. The van der Waals surface area contributed by atoms with Crippen LogP contribution in [0, 0.1) is 13.8 Å². The number of fused-ring (bicyclic) bond motifs is 1. The summed E-state index contributed by atoms with van der Waals surface area (Å²) in [4.78, 5) is 20.7. The van der Waals surface area contributed by atoms with Crippen molar-refractivity contribution >= 4 is 34.3 Å². The van der Waals surface area contributed by atoms with E-state index >= 15 is 0 Å². The molecule has 3 aromatic rings. The maximum atomic E-state index is 12.2. The van der Waals surface area contributed by atoms with Gasteiger partial charge in [0.1, 0.15) is 11.4 Å². The largest absolute Gasteiger partial charge is 0.325 e. The second-order valence-corrected chi connectivity index (χ2v) is 6.37. The number of hydrogen-bond donors (Lipinski definition) is 1. The minimum absolute atomic E-state index is 0.0392. The first-order chi connectivity index (χ1) is 11.1. The van der Waals surface area contributed by atoms with Gasteiger partial charge in [-0.1, -0.05) is 36.0 Å². The molecule has 0 bridgehead atoms. The van der Waals surface area contributed by atoms with E-state index < -0.39 is 0 Å². The number of anilines is 1. The van der Waals surface area contributed by atoms with Gasteiger partial charge in [0.25, 0.3) is 0 Å². The maximum absolute atomic E-state index is 12.2. The Hall–Kier alpha value is -2.40. The number of hydrogen-bond acceptors (Lipinski definition) is 4. The van der Waals surface area contributed by atoms with E-state index in [1.807, 2.05) is 50.2 Å². The topological polar surface area (TPSA) is 54.9 Å². The molecule has 23 heavy (non-hydrogen) atoms. The Kier molecular flexibility index (Phi) is 4.57. The van der Waals surface area contributed by atoms with Crippen molar-refractivity contribution in [2.24, 2.45) is 0 Å². The van der Waals surface area contributed by atoms with E-state index in [1.165, 1.54) is 18.1 Å². The minimum atomic E-state index is -0.0392. The van der Waals surface area contributed by atoms with Crippen molar-refractivity contribution in [1.82, 2.24) is 9.97 Å². The fourth-order valence-electron chi connectivity index (χ4n) is 2.47. The highest BCUT2D eigenvalue weighted by Gasteiger charge is 2.08. The summed E-state index contributed by atoms with van der Waals surface area (Å²) in [6.45, 7) is 4.04. The molecule has 3 rings (SSSR count). The zero-order chi connectivity index (χ0) is 16.2. The number of nitrogens with one attached hydrogen (secondary N) is 1. The minimum Gasteiger partial charge on any atom is -0.325 e. The highest BCUT2D eigenvalue weighted by Crippen LogP contribution is 2.24. The summed E-state index contributed by atoms with van der Waals surface area (Å²) in [5, 5.41) is 4.74. The molecule has 0 aliphatic rings. The van der Waals surface area contributed by atoms with Crippen LogP contribution in [-0.4, -0.2) is 21.6 Å². The molecule has 0 fully saturated rings. The van der Waals surface area contributed by atoms with Gasteiger partial charge >= 0.3 is 0 Å². The fourth-order valence-corrected chi connectivity index (χ4v) is 3.26. The monoisotopic (exact) mass is 323 g/mol. The van der Waals surface area contributed by atoms with Crippen molar-refractivity contribution in [2.45, 2.75) is 18.9 Å². The van der Waals surface area contributed by atoms with Crippen molar-refractivity contribution in [3.8, 4) is 0 Å². The SMILES string of the molecule is Cc1cc(C)cc(NC(=O)CSc2ncnc3ccccc23)c1. The maximum Gasteiger partial charge on any atom is 0.234 e.